The number of esters is 6. The Balaban J connectivity index is 1.84. The van der Waals surface area contributed by atoms with Gasteiger partial charge < -0.3 is 37.9 Å². The van der Waals surface area contributed by atoms with E-state index in [9.17, 15) is 28.8 Å². The minimum absolute atomic E-state index is 0.0456. The third-order valence-corrected chi connectivity index (χ3v) is 10.3. The molecule has 3 aromatic rings. The van der Waals surface area contributed by atoms with Gasteiger partial charge in [0.1, 0.15) is 56.2 Å². The molecular formula is C53H68O14. The van der Waals surface area contributed by atoms with Gasteiger partial charge in [-0.3, -0.25) is 19.2 Å². The van der Waals surface area contributed by atoms with Crippen molar-refractivity contribution in [1.82, 2.24) is 0 Å². The van der Waals surface area contributed by atoms with E-state index < -0.39 is 73.9 Å². The lowest BCUT2D eigenvalue weighted by Gasteiger charge is -2.32. The number of aryl methyl sites for hydroxylation is 3. The van der Waals surface area contributed by atoms with Crippen molar-refractivity contribution in [2.75, 3.05) is 52.9 Å². The van der Waals surface area contributed by atoms with Gasteiger partial charge in [0.2, 0.25) is 0 Å². The Bertz CT molecular complexity index is 2050. The molecule has 0 unspecified atom stereocenters. The normalized spacial score (nSPS) is 10.9. The molecule has 0 radical (unpaired) electrons. The van der Waals surface area contributed by atoms with Gasteiger partial charge in [-0.15, -0.1) is 0 Å². The third-order valence-electron chi connectivity index (χ3n) is 10.3. The van der Waals surface area contributed by atoms with Crippen molar-refractivity contribution in [2.24, 2.45) is 5.41 Å². The van der Waals surface area contributed by atoms with E-state index in [-0.39, 0.29) is 37.6 Å². The monoisotopic (exact) mass is 928 g/mol. The van der Waals surface area contributed by atoms with Crippen LogP contribution in [0.3, 0.4) is 0 Å². The highest BCUT2D eigenvalue weighted by Crippen LogP contribution is 2.31. The molecule has 0 aliphatic carbocycles. The summed E-state index contributed by atoms with van der Waals surface area (Å²) in [4.78, 5) is 74.6. The predicted molar refractivity (Wildman–Crippen MR) is 252 cm³/mol. The molecule has 0 bridgehead atoms. The predicted octanol–water partition coefficient (Wildman–Crippen LogP) is 9.02. The number of rotatable bonds is 32. The fourth-order valence-corrected chi connectivity index (χ4v) is 6.54. The number of carbonyl (C=O) groups is 6. The van der Waals surface area contributed by atoms with E-state index in [0.717, 1.165) is 36.1 Å². The van der Waals surface area contributed by atoms with Crippen LogP contribution in [0.5, 0.6) is 11.5 Å². The molecule has 14 heteroatoms. The van der Waals surface area contributed by atoms with Crippen molar-refractivity contribution in [3.8, 4) is 22.6 Å². The Morgan fingerprint density at radius 2 is 1.00 bits per heavy atom. The highest BCUT2D eigenvalue weighted by Gasteiger charge is 2.38. The average molecular weight is 929 g/mol. The largest absolute Gasteiger partial charge is 0.494 e. The van der Waals surface area contributed by atoms with Crippen molar-refractivity contribution < 1.29 is 66.7 Å². The first-order valence-corrected chi connectivity index (χ1v) is 23.0. The minimum atomic E-state index is -1.57. The van der Waals surface area contributed by atoms with Crippen LogP contribution in [0.1, 0.15) is 103 Å². The summed E-state index contributed by atoms with van der Waals surface area (Å²) in [7, 11) is 0. The van der Waals surface area contributed by atoms with Crippen LogP contribution in [0.15, 0.2) is 91.0 Å². The first-order valence-electron chi connectivity index (χ1n) is 23.0. The molecule has 67 heavy (non-hydrogen) atoms. The average Bonchev–Trinajstić information content (AvgIpc) is 3.30. The van der Waals surface area contributed by atoms with Gasteiger partial charge in [0.25, 0.3) is 0 Å². The lowest BCUT2D eigenvalue weighted by Crippen LogP contribution is -2.44. The molecule has 0 atom stereocenters. The van der Waals surface area contributed by atoms with Gasteiger partial charge in [0.15, 0.2) is 0 Å². The van der Waals surface area contributed by atoms with E-state index in [4.69, 9.17) is 37.9 Å². The number of ether oxygens (including phenoxy) is 8. The zero-order valence-corrected chi connectivity index (χ0v) is 39.9. The molecule has 0 aromatic heterocycles. The van der Waals surface area contributed by atoms with Crippen LogP contribution in [0.4, 0.5) is 0 Å². The van der Waals surface area contributed by atoms with Crippen LogP contribution in [0.25, 0.3) is 11.1 Å². The van der Waals surface area contributed by atoms with E-state index in [1.165, 1.54) is 43.7 Å². The van der Waals surface area contributed by atoms with Crippen LogP contribution in [-0.4, -0.2) is 88.7 Å². The third kappa shape index (κ3) is 21.2. The minimum Gasteiger partial charge on any atom is -0.494 e. The van der Waals surface area contributed by atoms with Gasteiger partial charge in [0.05, 0.1) is 26.4 Å². The number of hydrogen-bond donors (Lipinski definition) is 0. The smallest absolute Gasteiger partial charge is 0.333 e. The molecule has 364 valence electrons. The summed E-state index contributed by atoms with van der Waals surface area (Å²) in [5.74, 6) is -3.71. The first-order chi connectivity index (χ1) is 32.2. The number of benzene rings is 3. The number of hydrogen-bond acceptors (Lipinski definition) is 14. The van der Waals surface area contributed by atoms with Gasteiger partial charge in [-0.1, -0.05) is 81.8 Å². The summed E-state index contributed by atoms with van der Waals surface area (Å²) in [6, 6.07) is 22.2. The fourth-order valence-electron chi connectivity index (χ4n) is 6.54. The SMILES string of the molecule is C=C(C)C(=O)OCCCc1cc(-c2ccc(OCCCc3ccc(CCCCCC)cc3)cc2)ccc1OCC(COC(=O)CC(=O)OCC)(COC(=O)CC(=O)OCC)COC(=O)C(=C)C. The molecule has 3 rings (SSSR count). The second-order valence-corrected chi connectivity index (χ2v) is 16.4. The maximum atomic E-state index is 12.8. The second kappa shape index (κ2) is 30.0. The summed E-state index contributed by atoms with van der Waals surface area (Å²) in [6.07, 6.45) is 7.29. The molecule has 0 N–H and O–H groups in total. The molecule has 0 heterocycles. The lowest BCUT2D eigenvalue weighted by atomic mass is 9.91. The highest BCUT2D eigenvalue weighted by molar-refractivity contribution is 5.92. The van der Waals surface area contributed by atoms with Crippen LogP contribution < -0.4 is 9.47 Å². The second-order valence-electron chi connectivity index (χ2n) is 16.4. The van der Waals surface area contributed by atoms with E-state index in [2.05, 4.69) is 44.3 Å². The molecule has 0 saturated heterocycles. The molecule has 0 aliphatic heterocycles. The zero-order chi connectivity index (χ0) is 49.0. The molecular weight excluding hydrogens is 861 g/mol. The summed E-state index contributed by atoms with van der Waals surface area (Å²) in [5.41, 5.74) is 3.89. The number of unbranched alkanes of at least 4 members (excludes halogenated alkanes) is 3. The van der Waals surface area contributed by atoms with Gasteiger partial charge in [-0.05, 0) is 118 Å². The van der Waals surface area contributed by atoms with Crippen LogP contribution in [0.2, 0.25) is 0 Å². The van der Waals surface area contributed by atoms with Crippen molar-refractivity contribution in [2.45, 2.75) is 105 Å². The maximum Gasteiger partial charge on any atom is 0.333 e. The van der Waals surface area contributed by atoms with Crippen molar-refractivity contribution in [3.63, 3.8) is 0 Å². The van der Waals surface area contributed by atoms with Gasteiger partial charge in [0, 0.05) is 11.1 Å². The van der Waals surface area contributed by atoms with Crippen LogP contribution in [0, 0.1) is 5.41 Å². The summed E-state index contributed by atoms with van der Waals surface area (Å²) < 4.78 is 44.1. The summed E-state index contributed by atoms with van der Waals surface area (Å²) in [5, 5.41) is 0. The molecule has 0 saturated carbocycles. The van der Waals surface area contributed by atoms with Crippen LogP contribution in [-0.2, 0) is 76.5 Å². The van der Waals surface area contributed by atoms with Gasteiger partial charge in [-0.25, -0.2) is 9.59 Å². The molecule has 3 aromatic carbocycles. The van der Waals surface area contributed by atoms with E-state index in [1.807, 2.05) is 36.4 Å². The topological polar surface area (TPSA) is 176 Å². The summed E-state index contributed by atoms with van der Waals surface area (Å²) >= 11 is 0. The van der Waals surface area contributed by atoms with Crippen LogP contribution >= 0.6 is 0 Å². The molecule has 0 aliphatic rings. The van der Waals surface area contributed by atoms with Crippen molar-refractivity contribution in [1.29, 1.82) is 0 Å². The quantitative estimate of drug-likeness (QED) is 0.0191. The Morgan fingerprint density at radius 3 is 1.55 bits per heavy atom. The Kier molecular flexibility index (Phi) is 24.5. The first kappa shape index (κ1) is 54.9. The summed E-state index contributed by atoms with van der Waals surface area (Å²) in [6.45, 7) is 14.5. The highest BCUT2D eigenvalue weighted by atomic mass is 16.6. The van der Waals surface area contributed by atoms with Crippen molar-refractivity contribution in [3.05, 3.63) is 108 Å². The Hall–Kier alpha value is -6.44. The fraction of sp³-hybridized carbons (Fsp3) is 0.472. The standard InChI is InChI=1S/C53H68O14/c1-8-11-12-13-16-40-19-21-41(22-20-40)17-14-29-62-45-26-23-42(24-27-45)43-25-28-46(44(31-43)18-15-30-63-51(58)38(4)5)64-34-53(37-67-52(59)39(6)7,35-65-49(56)32-47(54)60-9-2)36-66-50(57)33-48(55)61-10-3/h19-28,31H,4,6,8-18,29-30,32-37H2,1-3,5,7H3. The van der Waals surface area contributed by atoms with Crippen molar-refractivity contribution >= 4 is 35.8 Å². The Morgan fingerprint density at radius 1 is 0.493 bits per heavy atom. The lowest BCUT2D eigenvalue weighted by molar-refractivity contribution is -0.166. The van der Waals surface area contributed by atoms with E-state index in [0.29, 0.717) is 30.8 Å². The van der Waals surface area contributed by atoms with Gasteiger partial charge >= 0.3 is 35.8 Å². The Labute approximate surface area is 395 Å². The van der Waals surface area contributed by atoms with E-state index in [1.54, 1.807) is 26.8 Å². The molecule has 14 nitrogen and oxygen atoms in total. The molecule has 0 fully saturated rings. The zero-order valence-electron chi connectivity index (χ0n) is 39.9. The maximum absolute atomic E-state index is 12.8. The number of carbonyl (C=O) groups excluding carboxylic acids is 6. The molecule has 0 amide bonds. The van der Waals surface area contributed by atoms with Gasteiger partial charge in [-0.2, -0.15) is 0 Å². The van der Waals surface area contributed by atoms with E-state index >= 15 is 0 Å². The molecule has 0 spiro atoms.